The van der Waals surface area contributed by atoms with Gasteiger partial charge < -0.3 is 13.7 Å². The maximum absolute atomic E-state index is 12.7. The SMILES string of the molecule is Cc1cc(C(=O)COC(=O)c2cccc(S(=O)(=O)N(C)C)c2)c(C)n1Cc1ccco1. The van der Waals surface area contributed by atoms with Crippen molar-refractivity contribution >= 4 is 21.8 Å². The van der Waals surface area contributed by atoms with Crippen molar-refractivity contribution in [2.75, 3.05) is 20.7 Å². The summed E-state index contributed by atoms with van der Waals surface area (Å²) in [6.45, 7) is 3.75. The van der Waals surface area contributed by atoms with Crippen LogP contribution in [0, 0.1) is 13.8 Å². The van der Waals surface area contributed by atoms with E-state index in [0.29, 0.717) is 12.1 Å². The second-order valence-corrected chi connectivity index (χ2v) is 9.42. The second-order valence-electron chi connectivity index (χ2n) is 7.26. The van der Waals surface area contributed by atoms with Crippen LogP contribution in [-0.4, -0.2) is 49.7 Å². The topological polar surface area (TPSA) is 98.8 Å². The van der Waals surface area contributed by atoms with Crippen LogP contribution >= 0.6 is 0 Å². The summed E-state index contributed by atoms with van der Waals surface area (Å²) in [6.07, 6.45) is 1.59. The summed E-state index contributed by atoms with van der Waals surface area (Å²) in [5.41, 5.74) is 2.14. The Morgan fingerprint density at radius 1 is 1.10 bits per heavy atom. The van der Waals surface area contributed by atoms with Crippen molar-refractivity contribution < 1.29 is 27.2 Å². The highest BCUT2D eigenvalue weighted by atomic mass is 32.2. The molecule has 0 bridgehead atoms. The van der Waals surface area contributed by atoms with Gasteiger partial charge in [0.25, 0.3) is 0 Å². The average Bonchev–Trinajstić information content (AvgIpc) is 3.35. The predicted octanol–water partition coefficient (Wildman–Crippen LogP) is 3.04. The zero-order valence-electron chi connectivity index (χ0n) is 17.8. The van der Waals surface area contributed by atoms with Crippen molar-refractivity contribution in [3.05, 3.63) is 77.0 Å². The number of rotatable bonds is 8. The third kappa shape index (κ3) is 4.78. The highest BCUT2D eigenvalue weighted by molar-refractivity contribution is 7.89. The smallest absolute Gasteiger partial charge is 0.338 e. The summed E-state index contributed by atoms with van der Waals surface area (Å²) in [7, 11) is -0.880. The zero-order chi connectivity index (χ0) is 22.8. The molecule has 0 saturated heterocycles. The van der Waals surface area contributed by atoms with Crippen molar-refractivity contribution in [2.24, 2.45) is 0 Å². The van der Waals surface area contributed by atoms with Gasteiger partial charge in [-0.1, -0.05) is 6.07 Å². The number of nitrogens with zero attached hydrogens (tertiary/aromatic N) is 2. The third-order valence-corrected chi connectivity index (χ3v) is 6.76. The van der Waals surface area contributed by atoms with Gasteiger partial charge in [-0.25, -0.2) is 17.5 Å². The lowest BCUT2D eigenvalue weighted by molar-refractivity contribution is 0.0474. The van der Waals surface area contributed by atoms with Crippen molar-refractivity contribution in [1.82, 2.24) is 8.87 Å². The monoisotopic (exact) mass is 444 g/mol. The number of benzene rings is 1. The Labute approximate surface area is 181 Å². The minimum absolute atomic E-state index is 0.0280. The number of hydrogen-bond acceptors (Lipinski definition) is 6. The highest BCUT2D eigenvalue weighted by Gasteiger charge is 2.21. The summed E-state index contributed by atoms with van der Waals surface area (Å²) in [5.74, 6) is -0.349. The van der Waals surface area contributed by atoms with E-state index in [0.717, 1.165) is 21.5 Å². The number of ketones is 1. The van der Waals surface area contributed by atoms with Gasteiger partial charge in [-0.05, 0) is 50.2 Å². The maximum atomic E-state index is 12.7. The number of ether oxygens (including phenoxy) is 1. The van der Waals surface area contributed by atoms with E-state index in [2.05, 4.69) is 0 Å². The Morgan fingerprint density at radius 3 is 2.48 bits per heavy atom. The van der Waals surface area contributed by atoms with E-state index in [1.807, 2.05) is 24.5 Å². The molecule has 2 aromatic heterocycles. The first-order valence-corrected chi connectivity index (χ1v) is 11.0. The fraction of sp³-hybridized carbons (Fsp3) is 0.273. The van der Waals surface area contributed by atoms with Crippen LogP contribution in [0.2, 0.25) is 0 Å². The largest absolute Gasteiger partial charge is 0.467 e. The van der Waals surface area contributed by atoms with Crippen molar-refractivity contribution in [1.29, 1.82) is 0 Å². The van der Waals surface area contributed by atoms with Gasteiger partial charge in [0.05, 0.1) is 23.3 Å². The summed E-state index contributed by atoms with van der Waals surface area (Å²) in [4.78, 5) is 25.0. The molecule has 0 fully saturated rings. The summed E-state index contributed by atoms with van der Waals surface area (Å²) < 4.78 is 38.0. The summed E-state index contributed by atoms with van der Waals surface area (Å²) >= 11 is 0. The van der Waals surface area contributed by atoms with Gasteiger partial charge in [-0.3, -0.25) is 4.79 Å². The fourth-order valence-electron chi connectivity index (χ4n) is 3.17. The number of Topliss-reactive ketones (excluding diaryl/α,β-unsaturated/α-hetero) is 1. The van der Waals surface area contributed by atoms with Gasteiger partial charge in [0.1, 0.15) is 5.76 Å². The standard InChI is InChI=1S/C22H24N2O6S/c1-15-11-20(16(2)24(15)13-18-8-6-10-29-18)21(25)14-30-22(26)17-7-5-9-19(12-17)31(27,28)23(3)4/h5-12H,13-14H2,1-4H3. The van der Waals surface area contributed by atoms with Gasteiger partial charge >= 0.3 is 5.97 Å². The molecule has 0 amide bonds. The van der Waals surface area contributed by atoms with Crippen molar-refractivity contribution in [2.45, 2.75) is 25.3 Å². The van der Waals surface area contributed by atoms with Gasteiger partial charge in [0, 0.05) is 31.0 Å². The molecule has 0 aliphatic rings. The highest BCUT2D eigenvalue weighted by Crippen LogP contribution is 2.19. The molecule has 9 heteroatoms. The molecule has 0 radical (unpaired) electrons. The van der Waals surface area contributed by atoms with Gasteiger partial charge in [0.15, 0.2) is 6.61 Å². The lowest BCUT2D eigenvalue weighted by Crippen LogP contribution is -2.22. The number of aromatic nitrogens is 1. The van der Waals surface area contributed by atoms with E-state index in [4.69, 9.17) is 9.15 Å². The molecular formula is C22H24N2O6S. The summed E-state index contributed by atoms with van der Waals surface area (Å²) in [6, 6.07) is 10.9. The Balaban J connectivity index is 1.71. The first-order valence-electron chi connectivity index (χ1n) is 9.53. The van der Waals surface area contributed by atoms with Crippen molar-refractivity contribution in [3.63, 3.8) is 0 Å². The Bertz CT molecular complexity index is 1210. The van der Waals surface area contributed by atoms with Crippen LogP contribution in [0.4, 0.5) is 0 Å². The molecule has 2 heterocycles. The van der Waals surface area contributed by atoms with E-state index >= 15 is 0 Å². The minimum atomic E-state index is -3.69. The molecule has 31 heavy (non-hydrogen) atoms. The Morgan fingerprint density at radius 2 is 1.84 bits per heavy atom. The molecule has 3 aromatic rings. The Hall–Kier alpha value is -3.17. The number of sulfonamides is 1. The molecule has 164 valence electrons. The van der Waals surface area contributed by atoms with Crippen LogP contribution in [0.1, 0.15) is 37.9 Å². The number of furan rings is 1. The van der Waals surface area contributed by atoms with Gasteiger partial charge in [0.2, 0.25) is 15.8 Å². The van der Waals surface area contributed by atoms with Crippen LogP contribution in [0.25, 0.3) is 0 Å². The Kier molecular flexibility index (Phi) is 6.47. The normalized spacial score (nSPS) is 11.6. The number of carbonyl (C=O) groups is 2. The molecule has 0 N–H and O–H groups in total. The van der Waals surface area contributed by atoms with Crippen LogP contribution < -0.4 is 0 Å². The molecule has 0 saturated carbocycles. The third-order valence-electron chi connectivity index (χ3n) is 4.95. The van der Waals surface area contributed by atoms with Crippen LogP contribution in [-0.2, 0) is 21.3 Å². The predicted molar refractivity (Wildman–Crippen MR) is 114 cm³/mol. The van der Waals surface area contributed by atoms with Crippen LogP contribution in [0.15, 0.2) is 58.0 Å². The molecular weight excluding hydrogens is 420 g/mol. The molecule has 0 spiro atoms. The number of carbonyl (C=O) groups excluding carboxylic acids is 2. The first-order chi connectivity index (χ1) is 14.6. The molecule has 0 unspecified atom stereocenters. The van der Waals surface area contributed by atoms with E-state index in [-0.39, 0.29) is 16.2 Å². The van der Waals surface area contributed by atoms with E-state index < -0.39 is 22.6 Å². The van der Waals surface area contributed by atoms with Crippen LogP contribution in [0.3, 0.4) is 0 Å². The molecule has 0 aliphatic carbocycles. The van der Waals surface area contributed by atoms with Gasteiger partial charge in [-0.15, -0.1) is 0 Å². The lowest BCUT2D eigenvalue weighted by Gasteiger charge is -2.12. The molecule has 0 aliphatic heterocycles. The second kappa shape index (κ2) is 8.91. The quantitative estimate of drug-likeness (QED) is 0.391. The summed E-state index contributed by atoms with van der Waals surface area (Å²) in [5, 5.41) is 0. The van der Waals surface area contributed by atoms with E-state index in [9.17, 15) is 18.0 Å². The minimum Gasteiger partial charge on any atom is -0.467 e. The molecule has 8 nitrogen and oxygen atoms in total. The van der Waals surface area contributed by atoms with Crippen molar-refractivity contribution in [3.8, 4) is 0 Å². The van der Waals surface area contributed by atoms with E-state index in [1.165, 1.54) is 38.4 Å². The zero-order valence-corrected chi connectivity index (χ0v) is 18.6. The molecule has 1 aromatic carbocycles. The van der Waals surface area contributed by atoms with E-state index in [1.54, 1.807) is 18.4 Å². The maximum Gasteiger partial charge on any atom is 0.338 e. The average molecular weight is 445 g/mol. The molecule has 0 atom stereocenters. The van der Waals surface area contributed by atoms with Crippen LogP contribution in [0.5, 0.6) is 0 Å². The lowest BCUT2D eigenvalue weighted by atomic mass is 10.1. The molecule has 3 rings (SSSR count). The fourth-order valence-corrected chi connectivity index (χ4v) is 4.12. The number of esters is 1. The number of hydrogen-bond donors (Lipinski definition) is 0. The van der Waals surface area contributed by atoms with Gasteiger partial charge in [-0.2, -0.15) is 0 Å². The first kappa shape index (κ1) is 22.5. The number of aryl methyl sites for hydroxylation is 1.